The summed E-state index contributed by atoms with van der Waals surface area (Å²) in [5.41, 5.74) is 3.38. The average molecular weight is 535 g/mol. The first-order valence-electron chi connectivity index (χ1n) is 14.9. The van der Waals surface area contributed by atoms with E-state index in [0.717, 1.165) is 50.5 Å². The Kier molecular flexibility index (Phi) is 5.97. The third-order valence-corrected chi connectivity index (χ3v) is 11.6. The number of terminal acetylenes is 1. The first-order chi connectivity index (χ1) is 18.7. The molecule has 3 saturated carbocycles. The lowest BCUT2D eigenvalue weighted by Crippen LogP contribution is -2.55. The summed E-state index contributed by atoms with van der Waals surface area (Å²) < 4.78 is 30.2. The largest absolute Gasteiger partial charge is 0.385 e. The van der Waals surface area contributed by atoms with Crippen LogP contribution in [0, 0.1) is 29.6 Å². The standard InChI is InChI=1S/C33H42O6/c1-5-32(35-4)14-11-26-24-10-13-31(34)21-33(38-18-19-39-33)15-12-27(31)28(24)25(20-29(26,32)2)22-6-8-23(9-7-22)30(3)36-16-17-37-30/h1,6-9,24-26,34H,10-21H2,2-4H3/t24-,25+,26-,29?,31+,32-/m0/s1. The number of allylic oxidation sites excluding steroid dienone is 1. The molecule has 210 valence electrons. The second kappa shape index (κ2) is 8.89. The van der Waals surface area contributed by atoms with Gasteiger partial charge in [0.1, 0.15) is 5.60 Å². The number of rotatable bonds is 3. The zero-order chi connectivity index (χ0) is 27.1. The summed E-state index contributed by atoms with van der Waals surface area (Å²) in [5, 5.41) is 12.2. The van der Waals surface area contributed by atoms with Crippen molar-refractivity contribution in [3.05, 3.63) is 46.5 Å². The molecular formula is C33H42O6. The molecule has 2 aliphatic heterocycles. The number of methoxy groups -OCH3 is 1. The van der Waals surface area contributed by atoms with Crippen LogP contribution in [0.1, 0.15) is 82.3 Å². The second-order valence-electron chi connectivity index (χ2n) is 13.2. The third kappa shape index (κ3) is 3.64. The summed E-state index contributed by atoms with van der Waals surface area (Å²) in [7, 11) is 1.79. The van der Waals surface area contributed by atoms with Gasteiger partial charge in [0.2, 0.25) is 0 Å². The maximum absolute atomic E-state index is 12.2. The van der Waals surface area contributed by atoms with Gasteiger partial charge in [-0.3, -0.25) is 0 Å². The van der Waals surface area contributed by atoms with Crippen LogP contribution in [0.4, 0.5) is 0 Å². The van der Waals surface area contributed by atoms with Crippen molar-refractivity contribution in [2.45, 2.75) is 93.9 Å². The smallest absolute Gasteiger partial charge is 0.192 e. The minimum absolute atomic E-state index is 0.152. The third-order valence-electron chi connectivity index (χ3n) is 11.6. The van der Waals surface area contributed by atoms with Crippen LogP contribution >= 0.6 is 0 Å². The van der Waals surface area contributed by atoms with Gasteiger partial charge in [-0.1, -0.05) is 42.7 Å². The van der Waals surface area contributed by atoms with Crippen LogP contribution in [0.2, 0.25) is 0 Å². The number of hydrogen-bond acceptors (Lipinski definition) is 6. The average Bonchev–Trinajstić information content (AvgIpc) is 3.66. The number of benzene rings is 1. The molecule has 1 aromatic carbocycles. The molecule has 2 heterocycles. The molecule has 1 unspecified atom stereocenters. The molecule has 1 N–H and O–H groups in total. The van der Waals surface area contributed by atoms with E-state index in [2.05, 4.69) is 37.1 Å². The Labute approximate surface area is 232 Å². The van der Waals surface area contributed by atoms with Crippen LogP contribution in [-0.4, -0.2) is 55.6 Å². The molecule has 6 aliphatic rings. The van der Waals surface area contributed by atoms with Crippen LogP contribution in [-0.2, 0) is 29.5 Å². The summed E-state index contributed by atoms with van der Waals surface area (Å²) in [5.74, 6) is 2.77. The molecule has 0 bridgehead atoms. The minimum atomic E-state index is -0.886. The van der Waals surface area contributed by atoms with Crippen molar-refractivity contribution in [3.63, 3.8) is 0 Å². The van der Waals surface area contributed by atoms with Crippen LogP contribution in [0.5, 0.6) is 0 Å². The number of ether oxygens (including phenoxy) is 5. The van der Waals surface area contributed by atoms with Gasteiger partial charge >= 0.3 is 0 Å². The van der Waals surface area contributed by atoms with E-state index in [1.165, 1.54) is 16.7 Å². The van der Waals surface area contributed by atoms with Gasteiger partial charge in [0, 0.05) is 36.8 Å². The summed E-state index contributed by atoms with van der Waals surface area (Å²) >= 11 is 0. The number of fused-ring (bicyclic) bond motifs is 4. The maximum Gasteiger partial charge on any atom is 0.192 e. The highest BCUT2D eigenvalue weighted by molar-refractivity contribution is 5.45. The van der Waals surface area contributed by atoms with Crippen molar-refractivity contribution in [1.82, 2.24) is 0 Å². The quantitative estimate of drug-likeness (QED) is 0.425. The van der Waals surface area contributed by atoms with Gasteiger partial charge < -0.3 is 28.8 Å². The molecule has 1 spiro atoms. The SMILES string of the molecule is C#C[C@]1(OC)CC[C@H]2[C@@H]3CC[C@@]4(O)CC5(CCC4=C3[C@@H](c3ccc(C4(C)OCCO4)cc3)CC21C)OCCO5. The van der Waals surface area contributed by atoms with E-state index in [0.29, 0.717) is 44.7 Å². The summed E-state index contributed by atoms with van der Waals surface area (Å²) in [4.78, 5) is 0. The molecule has 6 heteroatoms. The normalized spacial score (nSPS) is 42.2. The molecule has 2 saturated heterocycles. The monoisotopic (exact) mass is 534 g/mol. The van der Waals surface area contributed by atoms with Crippen LogP contribution in [0.3, 0.4) is 0 Å². The highest BCUT2D eigenvalue weighted by atomic mass is 16.7. The highest BCUT2D eigenvalue weighted by Gasteiger charge is 2.65. The van der Waals surface area contributed by atoms with Gasteiger partial charge in [0.25, 0.3) is 0 Å². The topological polar surface area (TPSA) is 66.4 Å². The van der Waals surface area contributed by atoms with E-state index in [4.69, 9.17) is 30.1 Å². The van der Waals surface area contributed by atoms with Gasteiger partial charge in [-0.05, 0) is 68.4 Å². The van der Waals surface area contributed by atoms with E-state index in [-0.39, 0.29) is 11.3 Å². The molecule has 4 aliphatic carbocycles. The Bertz CT molecular complexity index is 1200. The lowest BCUT2D eigenvalue weighted by molar-refractivity contribution is -0.208. The van der Waals surface area contributed by atoms with E-state index in [1.807, 2.05) is 6.92 Å². The van der Waals surface area contributed by atoms with Crippen molar-refractivity contribution >= 4 is 0 Å². The Balaban J connectivity index is 1.34. The first kappa shape index (κ1) is 26.2. The predicted molar refractivity (Wildman–Crippen MR) is 146 cm³/mol. The van der Waals surface area contributed by atoms with Gasteiger partial charge in [-0.25, -0.2) is 0 Å². The van der Waals surface area contributed by atoms with Crippen molar-refractivity contribution in [2.24, 2.45) is 17.3 Å². The van der Waals surface area contributed by atoms with E-state index >= 15 is 0 Å². The van der Waals surface area contributed by atoms with Crippen LogP contribution in [0.25, 0.3) is 0 Å². The van der Waals surface area contributed by atoms with Gasteiger partial charge in [0.15, 0.2) is 11.6 Å². The zero-order valence-electron chi connectivity index (χ0n) is 23.6. The maximum atomic E-state index is 12.2. The van der Waals surface area contributed by atoms with Crippen LogP contribution in [0.15, 0.2) is 35.4 Å². The molecule has 6 atom stereocenters. The van der Waals surface area contributed by atoms with Crippen molar-refractivity contribution in [1.29, 1.82) is 0 Å². The Morgan fingerprint density at radius 1 is 0.949 bits per heavy atom. The summed E-state index contributed by atoms with van der Waals surface area (Å²) in [6.45, 7) is 6.80. The first-order valence-corrected chi connectivity index (χ1v) is 14.9. The molecule has 0 amide bonds. The molecule has 6 nitrogen and oxygen atoms in total. The Hall–Kier alpha value is -1.72. The number of aliphatic hydroxyl groups is 1. The van der Waals surface area contributed by atoms with Gasteiger partial charge in [0.05, 0.1) is 32.0 Å². The van der Waals surface area contributed by atoms with E-state index in [1.54, 1.807) is 7.11 Å². The molecule has 0 radical (unpaired) electrons. The lowest BCUT2D eigenvalue weighted by atomic mass is 9.49. The van der Waals surface area contributed by atoms with Crippen LogP contribution < -0.4 is 0 Å². The molecule has 39 heavy (non-hydrogen) atoms. The van der Waals surface area contributed by atoms with E-state index < -0.39 is 22.8 Å². The molecule has 7 rings (SSSR count). The fraction of sp³-hybridized carbons (Fsp3) is 0.697. The number of hydrogen-bond donors (Lipinski definition) is 1. The zero-order valence-corrected chi connectivity index (χ0v) is 23.6. The Morgan fingerprint density at radius 3 is 2.31 bits per heavy atom. The lowest BCUT2D eigenvalue weighted by Gasteiger charge is -2.57. The predicted octanol–water partition coefficient (Wildman–Crippen LogP) is 5.19. The van der Waals surface area contributed by atoms with Crippen molar-refractivity contribution in [3.8, 4) is 12.3 Å². The fourth-order valence-electron chi connectivity index (χ4n) is 9.63. The van der Waals surface area contributed by atoms with Gasteiger partial charge in [-0.15, -0.1) is 6.42 Å². The highest BCUT2D eigenvalue weighted by Crippen LogP contribution is 2.68. The van der Waals surface area contributed by atoms with E-state index in [9.17, 15) is 5.11 Å². The second-order valence-corrected chi connectivity index (χ2v) is 13.2. The minimum Gasteiger partial charge on any atom is -0.385 e. The van der Waals surface area contributed by atoms with Crippen molar-refractivity contribution < 1.29 is 28.8 Å². The molecule has 5 fully saturated rings. The summed E-state index contributed by atoms with van der Waals surface area (Å²) in [6, 6.07) is 8.79. The van der Waals surface area contributed by atoms with Gasteiger partial charge in [-0.2, -0.15) is 0 Å². The molecular weight excluding hydrogens is 492 g/mol. The summed E-state index contributed by atoms with van der Waals surface area (Å²) in [6.07, 6.45) is 12.9. The molecule has 0 aromatic heterocycles. The fourth-order valence-corrected chi connectivity index (χ4v) is 9.63. The Morgan fingerprint density at radius 2 is 1.64 bits per heavy atom. The molecule has 1 aromatic rings. The van der Waals surface area contributed by atoms with Crippen molar-refractivity contribution in [2.75, 3.05) is 33.5 Å².